The number of hydrogen-bond acceptors (Lipinski definition) is 1. The van der Waals surface area contributed by atoms with Gasteiger partial charge in [-0.3, -0.25) is 0 Å². The van der Waals surface area contributed by atoms with Gasteiger partial charge in [-0.15, -0.1) is 0 Å². The second-order valence-electron chi connectivity index (χ2n) is 6.75. The van der Waals surface area contributed by atoms with E-state index in [2.05, 4.69) is 0 Å². The van der Waals surface area contributed by atoms with E-state index >= 15 is 0 Å². The first-order valence-corrected chi connectivity index (χ1v) is 9.50. The SMILES string of the molecule is CCCc1ccc(-c2ccc(COc3ccc(CC)c(F)c3F)cc2)cc1F. The summed E-state index contributed by atoms with van der Waals surface area (Å²) >= 11 is 0. The van der Waals surface area contributed by atoms with Crippen LogP contribution in [-0.4, -0.2) is 0 Å². The Bertz CT molecular complexity index is 949. The van der Waals surface area contributed by atoms with Crippen molar-refractivity contribution in [1.29, 1.82) is 0 Å². The van der Waals surface area contributed by atoms with E-state index in [4.69, 9.17) is 4.74 Å². The fraction of sp³-hybridized carbons (Fsp3) is 0.250. The predicted octanol–water partition coefficient (Wildman–Crippen LogP) is 6.86. The van der Waals surface area contributed by atoms with Crippen molar-refractivity contribution in [3.05, 3.63) is 88.7 Å². The lowest BCUT2D eigenvalue weighted by Crippen LogP contribution is -2.01. The van der Waals surface area contributed by atoms with E-state index in [0.29, 0.717) is 12.0 Å². The summed E-state index contributed by atoms with van der Waals surface area (Å²) in [7, 11) is 0. The molecule has 0 saturated carbocycles. The summed E-state index contributed by atoms with van der Waals surface area (Å²) in [6, 6.07) is 15.7. The lowest BCUT2D eigenvalue weighted by atomic mass is 10.0. The number of benzene rings is 3. The van der Waals surface area contributed by atoms with E-state index in [1.807, 2.05) is 43.3 Å². The van der Waals surface area contributed by atoms with Gasteiger partial charge in [-0.2, -0.15) is 4.39 Å². The van der Waals surface area contributed by atoms with Gasteiger partial charge in [0.1, 0.15) is 12.4 Å². The zero-order valence-corrected chi connectivity index (χ0v) is 16.1. The lowest BCUT2D eigenvalue weighted by molar-refractivity contribution is 0.284. The molecule has 0 atom stereocenters. The average molecular weight is 384 g/mol. The molecular formula is C24H23F3O. The zero-order valence-electron chi connectivity index (χ0n) is 16.1. The van der Waals surface area contributed by atoms with Gasteiger partial charge in [0.05, 0.1) is 0 Å². The van der Waals surface area contributed by atoms with Crippen molar-refractivity contribution in [3.63, 3.8) is 0 Å². The molecular weight excluding hydrogens is 361 g/mol. The molecule has 0 N–H and O–H groups in total. The van der Waals surface area contributed by atoms with Gasteiger partial charge in [0.2, 0.25) is 5.82 Å². The van der Waals surface area contributed by atoms with Crippen molar-refractivity contribution in [2.45, 2.75) is 39.7 Å². The second-order valence-corrected chi connectivity index (χ2v) is 6.75. The van der Waals surface area contributed by atoms with Gasteiger partial charge in [-0.1, -0.05) is 62.7 Å². The van der Waals surface area contributed by atoms with Crippen molar-refractivity contribution >= 4 is 0 Å². The van der Waals surface area contributed by atoms with Gasteiger partial charge in [0, 0.05) is 0 Å². The van der Waals surface area contributed by atoms with Gasteiger partial charge < -0.3 is 4.74 Å². The fourth-order valence-electron chi connectivity index (χ4n) is 3.11. The third-order valence-corrected chi connectivity index (χ3v) is 4.76. The minimum atomic E-state index is -0.960. The molecule has 0 aliphatic heterocycles. The standard InChI is InChI=1S/C24H23F3O/c1-3-5-19-10-11-20(14-21(19)25)18-8-6-16(7-9-18)15-28-22-13-12-17(4-2)23(26)24(22)27/h6-14H,3-5,15H2,1-2H3. The van der Waals surface area contributed by atoms with Crippen molar-refractivity contribution in [3.8, 4) is 16.9 Å². The third kappa shape index (κ3) is 4.38. The smallest absolute Gasteiger partial charge is 0.200 e. The molecule has 3 rings (SSSR count). The summed E-state index contributed by atoms with van der Waals surface area (Å²) in [4.78, 5) is 0. The number of aryl methyl sites for hydroxylation is 2. The molecule has 0 spiro atoms. The first-order valence-electron chi connectivity index (χ1n) is 9.50. The normalized spacial score (nSPS) is 10.9. The average Bonchev–Trinajstić information content (AvgIpc) is 2.71. The van der Waals surface area contributed by atoms with Crippen LogP contribution in [0.5, 0.6) is 5.75 Å². The maximum Gasteiger partial charge on any atom is 0.200 e. The maximum atomic E-state index is 14.1. The summed E-state index contributed by atoms with van der Waals surface area (Å²) in [5.41, 5.74) is 3.54. The number of ether oxygens (including phenoxy) is 1. The topological polar surface area (TPSA) is 9.23 Å². The maximum absolute atomic E-state index is 14.1. The van der Waals surface area contributed by atoms with Crippen LogP contribution in [0.4, 0.5) is 13.2 Å². The van der Waals surface area contributed by atoms with Crippen LogP contribution in [0.1, 0.15) is 37.0 Å². The molecule has 0 radical (unpaired) electrons. The highest BCUT2D eigenvalue weighted by Gasteiger charge is 2.13. The van der Waals surface area contributed by atoms with E-state index in [-0.39, 0.29) is 18.2 Å². The number of halogens is 3. The Hall–Kier alpha value is -2.75. The van der Waals surface area contributed by atoms with E-state index < -0.39 is 11.6 Å². The Kier molecular flexibility index (Phi) is 6.40. The summed E-state index contributed by atoms with van der Waals surface area (Å²) < 4.78 is 47.5. The summed E-state index contributed by atoms with van der Waals surface area (Å²) in [5.74, 6) is -2.12. The van der Waals surface area contributed by atoms with Crippen LogP contribution in [0.3, 0.4) is 0 Å². The summed E-state index contributed by atoms with van der Waals surface area (Å²) in [6.45, 7) is 3.90. The van der Waals surface area contributed by atoms with Gasteiger partial charge in [-0.05, 0) is 52.8 Å². The first-order chi connectivity index (χ1) is 13.5. The van der Waals surface area contributed by atoms with Gasteiger partial charge in [-0.25, -0.2) is 8.78 Å². The molecule has 4 heteroatoms. The van der Waals surface area contributed by atoms with Gasteiger partial charge in [0.15, 0.2) is 11.6 Å². The summed E-state index contributed by atoms with van der Waals surface area (Å²) in [6.07, 6.45) is 2.04. The zero-order chi connectivity index (χ0) is 20.1. The fourth-order valence-corrected chi connectivity index (χ4v) is 3.11. The van der Waals surface area contributed by atoms with Gasteiger partial charge in [0.25, 0.3) is 0 Å². The molecule has 3 aromatic rings. The monoisotopic (exact) mass is 384 g/mol. The molecule has 3 aromatic carbocycles. The minimum Gasteiger partial charge on any atom is -0.486 e. The minimum absolute atomic E-state index is 0.104. The molecule has 0 unspecified atom stereocenters. The van der Waals surface area contributed by atoms with Crippen LogP contribution in [0.2, 0.25) is 0 Å². The van der Waals surface area contributed by atoms with Crippen LogP contribution < -0.4 is 4.74 Å². The number of hydrogen-bond donors (Lipinski definition) is 0. The molecule has 0 bridgehead atoms. The largest absolute Gasteiger partial charge is 0.486 e. The quantitative estimate of drug-likeness (QED) is 0.432. The molecule has 0 aliphatic carbocycles. The molecule has 1 nitrogen and oxygen atoms in total. The Morgan fingerprint density at radius 3 is 2.07 bits per heavy atom. The van der Waals surface area contributed by atoms with Gasteiger partial charge >= 0.3 is 0 Å². The Labute approximate surface area is 163 Å². The first kappa shape index (κ1) is 20.0. The van der Waals surface area contributed by atoms with Crippen molar-refractivity contribution < 1.29 is 17.9 Å². The molecule has 0 fully saturated rings. The molecule has 0 amide bonds. The van der Waals surface area contributed by atoms with E-state index in [9.17, 15) is 13.2 Å². The highest BCUT2D eigenvalue weighted by Crippen LogP contribution is 2.26. The molecule has 146 valence electrons. The molecule has 0 aromatic heterocycles. The highest BCUT2D eigenvalue weighted by atomic mass is 19.2. The van der Waals surface area contributed by atoms with Crippen LogP contribution >= 0.6 is 0 Å². The van der Waals surface area contributed by atoms with E-state index in [1.54, 1.807) is 13.0 Å². The summed E-state index contributed by atoms with van der Waals surface area (Å²) in [5, 5.41) is 0. The number of rotatable bonds is 7. The van der Waals surface area contributed by atoms with Crippen molar-refractivity contribution in [2.24, 2.45) is 0 Å². The molecule has 28 heavy (non-hydrogen) atoms. The van der Waals surface area contributed by atoms with Crippen molar-refractivity contribution in [2.75, 3.05) is 0 Å². The van der Waals surface area contributed by atoms with Crippen LogP contribution in [0.25, 0.3) is 11.1 Å². The Morgan fingerprint density at radius 2 is 1.43 bits per heavy atom. The Morgan fingerprint density at radius 1 is 0.750 bits per heavy atom. The van der Waals surface area contributed by atoms with Crippen molar-refractivity contribution in [1.82, 2.24) is 0 Å². The highest BCUT2D eigenvalue weighted by molar-refractivity contribution is 5.64. The van der Waals surface area contributed by atoms with Crippen LogP contribution in [0, 0.1) is 17.5 Å². The molecule has 0 saturated heterocycles. The molecule has 0 aliphatic rings. The molecule has 0 heterocycles. The third-order valence-electron chi connectivity index (χ3n) is 4.76. The lowest BCUT2D eigenvalue weighted by Gasteiger charge is -2.10. The second kappa shape index (κ2) is 8.96. The van der Waals surface area contributed by atoms with Crippen LogP contribution in [-0.2, 0) is 19.4 Å². The van der Waals surface area contributed by atoms with E-state index in [1.165, 1.54) is 12.1 Å². The Balaban J connectivity index is 1.70. The van der Waals surface area contributed by atoms with E-state index in [0.717, 1.165) is 35.1 Å². The predicted molar refractivity (Wildman–Crippen MR) is 106 cm³/mol. The van der Waals surface area contributed by atoms with Crippen LogP contribution in [0.15, 0.2) is 54.6 Å².